The third-order valence-electron chi connectivity index (χ3n) is 2.94. The van der Waals surface area contributed by atoms with Gasteiger partial charge in [-0.15, -0.1) is 0 Å². The fraction of sp³-hybridized carbons (Fsp3) is 0.692. The Morgan fingerprint density at radius 2 is 2.00 bits per heavy atom. The van der Waals surface area contributed by atoms with Gasteiger partial charge in [-0.05, 0) is 40.5 Å². The van der Waals surface area contributed by atoms with E-state index in [0.717, 1.165) is 12.8 Å². The molecule has 0 N–H and O–H groups in total. The SMILES string of the molecule is CC(C(=O)OC(C)(C)C)n1ccn(C2CC2)c1=O. The average molecular weight is 252 g/mol. The van der Waals surface area contributed by atoms with Crippen LogP contribution in [0.4, 0.5) is 0 Å². The standard InChI is InChI=1S/C13H20N2O3/c1-9(11(16)18-13(2,3)4)14-7-8-15(12(14)17)10-5-6-10/h7-10H,5-6H2,1-4H3. The van der Waals surface area contributed by atoms with Crippen molar-refractivity contribution in [1.29, 1.82) is 0 Å². The molecule has 0 radical (unpaired) electrons. The van der Waals surface area contributed by atoms with E-state index < -0.39 is 11.6 Å². The maximum absolute atomic E-state index is 12.1. The van der Waals surface area contributed by atoms with E-state index in [1.807, 2.05) is 20.8 Å². The highest BCUT2D eigenvalue weighted by Crippen LogP contribution is 2.33. The minimum Gasteiger partial charge on any atom is -0.458 e. The van der Waals surface area contributed by atoms with Crippen molar-refractivity contribution in [2.45, 2.75) is 58.2 Å². The number of esters is 1. The monoisotopic (exact) mass is 252 g/mol. The van der Waals surface area contributed by atoms with Gasteiger partial charge in [-0.2, -0.15) is 0 Å². The van der Waals surface area contributed by atoms with Gasteiger partial charge < -0.3 is 4.74 Å². The van der Waals surface area contributed by atoms with Gasteiger partial charge in [0, 0.05) is 18.4 Å². The largest absolute Gasteiger partial charge is 0.458 e. The van der Waals surface area contributed by atoms with E-state index >= 15 is 0 Å². The molecule has 0 bridgehead atoms. The molecule has 1 fully saturated rings. The second-order valence-corrected chi connectivity index (χ2v) is 5.84. The first-order valence-electron chi connectivity index (χ1n) is 6.31. The summed E-state index contributed by atoms with van der Waals surface area (Å²) in [5, 5.41) is 0. The Balaban J connectivity index is 2.16. The molecule has 1 aliphatic rings. The van der Waals surface area contributed by atoms with Gasteiger partial charge in [0.2, 0.25) is 0 Å². The topological polar surface area (TPSA) is 53.2 Å². The van der Waals surface area contributed by atoms with Crippen LogP contribution in [0.3, 0.4) is 0 Å². The summed E-state index contributed by atoms with van der Waals surface area (Å²) < 4.78 is 8.42. The van der Waals surface area contributed by atoms with Gasteiger partial charge in [0.25, 0.3) is 0 Å². The number of carbonyl (C=O) groups excluding carboxylic acids is 1. The van der Waals surface area contributed by atoms with Crippen molar-refractivity contribution in [2.24, 2.45) is 0 Å². The molecular weight excluding hydrogens is 232 g/mol. The summed E-state index contributed by atoms with van der Waals surface area (Å²) in [5.74, 6) is -0.377. The molecule has 18 heavy (non-hydrogen) atoms. The van der Waals surface area contributed by atoms with E-state index in [1.165, 1.54) is 4.57 Å². The van der Waals surface area contributed by atoms with E-state index in [0.29, 0.717) is 6.04 Å². The number of imidazole rings is 1. The lowest BCUT2D eigenvalue weighted by molar-refractivity contribution is -0.158. The Kier molecular flexibility index (Phi) is 3.09. The number of carbonyl (C=O) groups is 1. The molecule has 5 nitrogen and oxygen atoms in total. The summed E-state index contributed by atoms with van der Waals surface area (Å²) in [6, 6.07) is -0.263. The number of rotatable bonds is 3. The second kappa shape index (κ2) is 4.30. The lowest BCUT2D eigenvalue weighted by Crippen LogP contribution is -2.34. The second-order valence-electron chi connectivity index (χ2n) is 5.84. The summed E-state index contributed by atoms with van der Waals surface area (Å²) in [7, 11) is 0. The molecule has 1 heterocycles. The van der Waals surface area contributed by atoms with E-state index in [-0.39, 0.29) is 11.7 Å². The molecule has 1 unspecified atom stereocenters. The molecule has 100 valence electrons. The summed E-state index contributed by atoms with van der Waals surface area (Å²) >= 11 is 0. The quantitative estimate of drug-likeness (QED) is 0.772. The Labute approximate surface area is 106 Å². The minimum atomic E-state index is -0.586. The molecule has 0 aromatic carbocycles. The lowest BCUT2D eigenvalue weighted by atomic mass is 10.2. The highest BCUT2D eigenvalue weighted by Gasteiger charge is 2.29. The summed E-state index contributed by atoms with van der Waals surface area (Å²) in [6.07, 6.45) is 5.51. The Morgan fingerprint density at radius 1 is 1.39 bits per heavy atom. The minimum absolute atomic E-state index is 0.129. The van der Waals surface area contributed by atoms with Crippen molar-refractivity contribution >= 4 is 5.97 Å². The van der Waals surface area contributed by atoms with Gasteiger partial charge in [0.1, 0.15) is 11.6 Å². The normalized spacial score (nSPS) is 17.6. The van der Waals surface area contributed by atoms with E-state index in [4.69, 9.17) is 4.74 Å². The Morgan fingerprint density at radius 3 is 2.50 bits per heavy atom. The van der Waals surface area contributed by atoms with Gasteiger partial charge in [-0.3, -0.25) is 9.13 Å². The van der Waals surface area contributed by atoms with Crippen LogP contribution in [0.5, 0.6) is 0 Å². The predicted molar refractivity (Wildman–Crippen MR) is 67.5 cm³/mol. The Bertz CT molecular complexity index is 503. The van der Waals surface area contributed by atoms with Crippen LogP contribution in [0.25, 0.3) is 0 Å². The number of nitrogens with zero attached hydrogens (tertiary/aromatic N) is 2. The number of ether oxygens (including phenoxy) is 1. The molecule has 2 rings (SSSR count). The summed E-state index contributed by atoms with van der Waals surface area (Å²) in [6.45, 7) is 7.13. The first kappa shape index (κ1) is 12.9. The molecule has 0 spiro atoms. The van der Waals surface area contributed by atoms with Crippen molar-refractivity contribution in [3.05, 3.63) is 22.9 Å². The van der Waals surface area contributed by atoms with Gasteiger partial charge >= 0.3 is 11.7 Å². The molecule has 1 aliphatic carbocycles. The van der Waals surface area contributed by atoms with Crippen molar-refractivity contribution in [2.75, 3.05) is 0 Å². The van der Waals surface area contributed by atoms with Gasteiger partial charge in [-0.1, -0.05) is 0 Å². The van der Waals surface area contributed by atoms with Crippen LogP contribution in [0.1, 0.15) is 52.6 Å². The van der Waals surface area contributed by atoms with Crippen molar-refractivity contribution in [1.82, 2.24) is 9.13 Å². The van der Waals surface area contributed by atoms with Crippen LogP contribution in [0, 0.1) is 0 Å². The van der Waals surface area contributed by atoms with Crippen molar-refractivity contribution in [3.63, 3.8) is 0 Å². The molecule has 1 aromatic rings. The first-order valence-corrected chi connectivity index (χ1v) is 6.31. The fourth-order valence-electron chi connectivity index (χ4n) is 1.83. The van der Waals surface area contributed by atoms with Crippen LogP contribution in [-0.4, -0.2) is 20.7 Å². The molecule has 0 aliphatic heterocycles. The molecule has 5 heteroatoms. The molecule has 1 aromatic heterocycles. The summed E-state index contributed by atoms with van der Waals surface area (Å²) in [5.41, 5.74) is -0.663. The summed E-state index contributed by atoms with van der Waals surface area (Å²) in [4.78, 5) is 24.0. The van der Waals surface area contributed by atoms with E-state index in [9.17, 15) is 9.59 Å². The maximum Gasteiger partial charge on any atom is 0.329 e. The molecule has 1 saturated carbocycles. The van der Waals surface area contributed by atoms with Crippen LogP contribution in [0.2, 0.25) is 0 Å². The average Bonchev–Trinajstić information content (AvgIpc) is 2.99. The van der Waals surface area contributed by atoms with Crippen LogP contribution in [0.15, 0.2) is 17.2 Å². The first-order chi connectivity index (χ1) is 8.29. The highest BCUT2D eigenvalue weighted by atomic mass is 16.6. The van der Waals surface area contributed by atoms with Crippen LogP contribution < -0.4 is 5.69 Å². The lowest BCUT2D eigenvalue weighted by Gasteiger charge is -2.22. The third-order valence-corrected chi connectivity index (χ3v) is 2.94. The van der Waals surface area contributed by atoms with Crippen molar-refractivity contribution < 1.29 is 9.53 Å². The fourth-order valence-corrected chi connectivity index (χ4v) is 1.83. The van der Waals surface area contributed by atoms with E-state index in [1.54, 1.807) is 23.9 Å². The zero-order valence-corrected chi connectivity index (χ0v) is 11.3. The predicted octanol–water partition coefficient (Wildman–Crippen LogP) is 1.89. The van der Waals surface area contributed by atoms with Gasteiger partial charge in [0.15, 0.2) is 0 Å². The molecular formula is C13H20N2O3. The van der Waals surface area contributed by atoms with Gasteiger partial charge in [0.05, 0.1) is 0 Å². The van der Waals surface area contributed by atoms with Crippen LogP contribution >= 0.6 is 0 Å². The number of aromatic nitrogens is 2. The van der Waals surface area contributed by atoms with Crippen molar-refractivity contribution in [3.8, 4) is 0 Å². The van der Waals surface area contributed by atoms with Gasteiger partial charge in [-0.25, -0.2) is 9.59 Å². The maximum atomic E-state index is 12.1. The smallest absolute Gasteiger partial charge is 0.329 e. The zero-order valence-electron chi connectivity index (χ0n) is 11.3. The number of hydrogen-bond acceptors (Lipinski definition) is 3. The third kappa shape index (κ3) is 2.66. The van der Waals surface area contributed by atoms with E-state index in [2.05, 4.69) is 0 Å². The number of hydrogen-bond donors (Lipinski definition) is 0. The zero-order chi connectivity index (χ0) is 13.5. The molecule has 1 atom stereocenters. The highest BCUT2D eigenvalue weighted by molar-refractivity contribution is 5.74. The van der Waals surface area contributed by atoms with Crippen LogP contribution in [-0.2, 0) is 9.53 Å². The molecule has 0 saturated heterocycles. The Hall–Kier alpha value is -1.52. The molecule has 0 amide bonds.